The maximum Gasteiger partial charge on any atom is 0.270 e. The molecule has 8 heteroatoms. The minimum atomic E-state index is -4.01. The first-order chi connectivity index (χ1) is 9.94. The van der Waals surface area contributed by atoms with Gasteiger partial charge in [-0.3, -0.25) is 14.8 Å². The lowest BCUT2D eigenvalue weighted by atomic mass is 10.2. The first-order valence-electron chi connectivity index (χ1n) is 5.70. The topological polar surface area (TPSA) is 113 Å². The molecule has 2 aromatic carbocycles. The van der Waals surface area contributed by atoms with Crippen molar-refractivity contribution in [3.8, 4) is 6.07 Å². The fourth-order valence-corrected chi connectivity index (χ4v) is 2.76. The smallest absolute Gasteiger partial charge is 0.270 e. The van der Waals surface area contributed by atoms with Gasteiger partial charge in [0.25, 0.3) is 15.7 Å². The van der Waals surface area contributed by atoms with Crippen LogP contribution in [-0.2, 0) is 10.0 Å². The highest BCUT2D eigenvalue weighted by atomic mass is 32.2. The molecule has 2 rings (SSSR count). The molecule has 0 amide bonds. The summed E-state index contributed by atoms with van der Waals surface area (Å²) < 4.78 is 26.7. The lowest BCUT2D eigenvalue weighted by molar-refractivity contribution is -0.385. The third-order valence-electron chi connectivity index (χ3n) is 2.63. The molecule has 0 unspecified atom stereocenters. The summed E-state index contributed by atoms with van der Waals surface area (Å²) in [7, 11) is -4.01. The lowest BCUT2D eigenvalue weighted by Crippen LogP contribution is -2.14. The molecular formula is C13H9N3O4S. The van der Waals surface area contributed by atoms with Gasteiger partial charge in [0.1, 0.15) is 6.07 Å². The molecule has 0 saturated carbocycles. The molecule has 0 atom stereocenters. The summed E-state index contributed by atoms with van der Waals surface area (Å²) in [6, 6.07) is 12.6. The normalized spacial score (nSPS) is 10.6. The zero-order valence-corrected chi connectivity index (χ0v) is 11.4. The number of rotatable bonds is 4. The van der Waals surface area contributed by atoms with Crippen LogP contribution in [-0.4, -0.2) is 13.3 Å². The van der Waals surface area contributed by atoms with Crippen LogP contribution in [0.4, 0.5) is 11.4 Å². The van der Waals surface area contributed by atoms with Gasteiger partial charge in [-0.1, -0.05) is 18.2 Å². The number of nitro groups is 1. The molecule has 0 aliphatic heterocycles. The summed E-state index contributed by atoms with van der Waals surface area (Å²) in [4.78, 5) is 9.76. The van der Waals surface area contributed by atoms with Gasteiger partial charge >= 0.3 is 0 Å². The highest BCUT2D eigenvalue weighted by Crippen LogP contribution is 2.22. The SMILES string of the molecule is N#Cc1ccccc1NS(=O)(=O)c1cccc([N+](=O)[O-])c1. The second-order valence-corrected chi connectivity index (χ2v) is 5.70. The Balaban J connectivity index is 2.42. The summed E-state index contributed by atoms with van der Waals surface area (Å²) in [6.45, 7) is 0. The Morgan fingerprint density at radius 2 is 1.86 bits per heavy atom. The predicted molar refractivity (Wildman–Crippen MR) is 75.1 cm³/mol. The van der Waals surface area contributed by atoms with Crippen LogP contribution in [0.15, 0.2) is 53.4 Å². The molecule has 0 heterocycles. The van der Waals surface area contributed by atoms with Gasteiger partial charge in [0.2, 0.25) is 0 Å². The number of nitriles is 1. The molecule has 0 aliphatic carbocycles. The van der Waals surface area contributed by atoms with Crippen molar-refractivity contribution in [1.82, 2.24) is 0 Å². The van der Waals surface area contributed by atoms with E-state index in [1.165, 1.54) is 30.3 Å². The Morgan fingerprint density at radius 1 is 1.14 bits per heavy atom. The number of hydrogen-bond acceptors (Lipinski definition) is 5. The second kappa shape index (κ2) is 5.60. The van der Waals surface area contributed by atoms with Gasteiger partial charge in [0.05, 0.1) is 21.1 Å². The van der Waals surface area contributed by atoms with Gasteiger partial charge in [-0.15, -0.1) is 0 Å². The maximum absolute atomic E-state index is 12.2. The molecule has 7 nitrogen and oxygen atoms in total. The van der Waals surface area contributed by atoms with Crippen LogP contribution in [0.2, 0.25) is 0 Å². The summed E-state index contributed by atoms with van der Waals surface area (Å²) >= 11 is 0. The molecule has 0 saturated heterocycles. The summed E-state index contributed by atoms with van der Waals surface area (Å²) in [5.74, 6) is 0. The standard InChI is InChI=1S/C13H9N3O4S/c14-9-10-4-1-2-7-13(10)15-21(19,20)12-6-3-5-11(8-12)16(17)18/h1-8,15H. The average molecular weight is 303 g/mol. The highest BCUT2D eigenvalue weighted by molar-refractivity contribution is 7.92. The maximum atomic E-state index is 12.2. The van der Waals surface area contributed by atoms with E-state index in [1.807, 2.05) is 6.07 Å². The van der Waals surface area contributed by atoms with E-state index in [4.69, 9.17) is 5.26 Å². The first kappa shape index (κ1) is 14.5. The highest BCUT2D eigenvalue weighted by Gasteiger charge is 2.18. The number of non-ortho nitro benzene ring substituents is 1. The number of nitrogens with one attached hydrogen (secondary N) is 1. The van der Waals surface area contributed by atoms with E-state index in [-0.39, 0.29) is 21.8 Å². The molecule has 0 bridgehead atoms. The van der Waals surface area contributed by atoms with Gasteiger partial charge in [-0.2, -0.15) is 5.26 Å². The zero-order valence-electron chi connectivity index (χ0n) is 10.6. The van der Waals surface area contributed by atoms with Gasteiger partial charge in [-0.25, -0.2) is 8.42 Å². The van der Waals surface area contributed by atoms with E-state index >= 15 is 0 Å². The van der Waals surface area contributed by atoms with Gasteiger partial charge in [0.15, 0.2) is 0 Å². The Kier molecular flexibility index (Phi) is 3.86. The monoisotopic (exact) mass is 303 g/mol. The zero-order chi connectivity index (χ0) is 15.5. The van der Waals surface area contributed by atoms with Crippen LogP contribution < -0.4 is 4.72 Å². The van der Waals surface area contributed by atoms with Crippen LogP contribution in [0, 0.1) is 21.4 Å². The van der Waals surface area contributed by atoms with Crippen molar-refractivity contribution in [3.63, 3.8) is 0 Å². The van der Waals surface area contributed by atoms with Crippen LogP contribution >= 0.6 is 0 Å². The predicted octanol–water partition coefficient (Wildman–Crippen LogP) is 2.27. The number of para-hydroxylation sites is 1. The van der Waals surface area contributed by atoms with Crippen LogP contribution in [0.25, 0.3) is 0 Å². The third-order valence-corrected chi connectivity index (χ3v) is 3.99. The van der Waals surface area contributed by atoms with Crippen molar-refractivity contribution in [2.24, 2.45) is 0 Å². The second-order valence-electron chi connectivity index (χ2n) is 4.02. The van der Waals surface area contributed by atoms with Crippen molar-refractivity contribution < 1.29 is 13.3 Å². The van der Waals surface area contributed by atoms with Gasteiger partial charge < -0.3 is 0 Å². The Bertz CT molecular complexity index is 840. The van der Waals surface area contributed by atoms with Crippen LogP contribution in [0.5, 0.6) is 0 Å². The number of nitro benzene ring substituents is 1. The first-order valence-corrected chi connectivity index (χ1v) is 7.19. The fourth-order valence-electron chi connectivity index (χ4n) is 1.64. The molecular weight excluding hydrogens is 294 g/mol. The van der Waals surface area contributed by atoms with Gasteiger partial charge in [-0.05, 0) is 18.2 Å². The van der Waals surface area contributed by atoms with E-state index in [9.17, 15) is 18.5 Å². The molecule has 21 heavy (non-hydrogen) atoms. The number of nitrogens with zero attached hydrogens (tertiary/aromatic N) is 2. The van der Waals surface area contributed by atoms with Crippen molar-refractivity contribution in [1.29, 1.82) is 5.26 Å². The van der Waals surface area contributed by atoms with Crippen molar-refractivity contribution in [2.45, 2.75) is 4.90 Å². The molecule has 0 aromatic heterocycles. The summed E-state index contributed by atoms with van der Waals surface area (Å²) in [6.07, 6.45) is 0. The number of sulfonamides is 1. The van der Waals surface area contributed by atoms with E-state index in [0.717, 1.165) is 6.07 Å². The molecule has 2 aromatic rings. The number of benzene rings is 2. The van der Waals surface area contributed by atoms with Gasteiger partial charge in [0, 0.05) is 12.1 Å². The minimum absolute atomic E-state index is 0.117. The molecule has 0 spiro atoms. The Labute approximate surface area is 120 Å². The Morgan fingerprint density at radius 3 is 2.52 bits per heavy atom. The quantitative estimate of drug-likeness (QED) is 0.687. The van der Waals surface area contributed by atoms with Crippen molar-refractivity contribution in [2.75, 3.05) is 4.72 Å². The number of hydrogen-bond donors (Lipinski definition) is 1. The largest absolute Gasteiger partial charge is 0.278 e. The van der Waals surface area contributed by atoms with E-state index in [0.29, 0.717) is 0 Å². The third kappa shape index (κ3) is 3.16. The van der Waals surface area contributed by atoms with E-state index < -0.39 is 14.9 Å². The Hall–Kier alpha value is -2.92. The van der Waals surface area contributed by atoms with Crippen LogP contribution in [0.1, 0.15) is 5.56 Å². The number of anilines is 1. The molecule has 0 fully saturated rings. The minimum Gasteiger partial charge on any atom is -0.278 e. The van der Waals surface area contributed by atoms with Crippen molar-refractivity contribution in [3.05, 3.63) is 64.2 Å². The van der Waals surface area contributed by atoms with E-state index in [1.54, 1.807) is 12.1 Å². The van der Waals surface area contributed by atoms with Crippen molar-refractivity contribution >= 4 is 21.4 Å². The van der Waals surface area contributed by atoms with Crippen LogP contribution in [0.3, 0.4) is 0 Å². The summed E-state index contributed by atoms with van der Waals surface area (Å²) in [5, 5.41) is 19.6. The summed E-state index contributed by atoms with van der Waals surface area (Å²) in [5.41, 5.74) is -0.0514. The molecule has 0 aliphatic rings. The molecule has 0 radical (unpaired) electrons. The fraction of sp³-hybridized carbons (Fsp3) is 0. The van der Waals surface area contributed by atoms with E-state index in [2.05, 4.69) is 4.72 Å². The average Bonchev–Trinajstić information content (AvgIpc) is 2.47. The lowest BCUT2D eigenvalue weighted by Gasteiger charge is -2.09. The molecule has 106 valence electrons. The molecule has 1 N–H and O–H groups in total.